The van der Waals surface area contributed by atoms with Crippen molar-refractivity contribution in [2.75, 3.05) is 5.88 Å². The van der Waals surface area contributed by atoms with Crippen LogP contribution in [0.25, 0.3) is 0 Å². The predicted octanol–water partition coefficient (Wildman–Crippen LogP) is 1.14. The maximum atomic E-state index is 9.83. The van der Waals surface area contributed by atoms with E-state index >= 15 is 0 Å². The molecular weight excluding hydrogens is 138 g/mol. The molecular formula is C6H12ClNO. The first-order valence-electron chi connectivity index (χ1n) is 3.07. The van der Waals surface area contributed by atoms with Crippen molar-refractivity contribution in [3.63, 3.8) is 0 Å². The third kappa shape index (κ3) is 5.63. The first-order valence-corrected chi connectivity index (χ1v) is 3.60. The largest absolute Gasteiger partial charge is 0.356 e. The predicted molar refractivity (Wildman–Crippen MR) is 38.6 cm³/mol. The van der Waals surface area contributed by atoms with Gasteiger partial charge in [0, 0.05) is 11.9 Å². The van der Waals surface area contributed by atoms with Crippen LogP contribution in [0.1, 0.15) is 19.8 Å². The average Bonchev–Trinajstić information content (AvgIpc) is 1.85. The van der Waals surface area contributed by atoms with E-state index in [-0.39, 0.29) is 6.04 Å². The summed E-state index contributed by atoms with van der Waals surface area (Å²) in [6.07, 6.45) is 2.64. The van der Waals surface area contributed by atoms with E-state index in [4.69, 9.17) is 11.6 Å². The second kappa shape index (κ2) is 5.89. The Morgan fingerprint density at radius 1 is 1.78 bits per heavy atom. The fourth-order valence-corrected chi connectivity index (χ4v) is 0.737. The van der Waals surface area contributed by atoms with Crippen molar-refractivity contribution in [3.05, 3.63) is 0 Å². The molecule has 0 fully saturated rings. The van der Waals surface area contributed by atoms with Gasteiger partial charge in [-0.25, -0.2) is 0 Å². The van der Waals surface area contributed by atoms with Crippen LogP contribution in [0.15, 0.2) is 0 Å². The molecule has 0 saturated heterocycles. The maximum Gasteiger partial charge on any atom is 0.207 e. The number of carbonyl (C=O) groups excluding carboxylic acids is 1. The minimum absolute atomic E-state index is 0.265. The van der Waals surface area contributed by atoms with Gasteiger partial charge in [0.2, 0.25) is 6.41 Å². The summed E-state index contributed by atoms with van der Waals surface area (Å²) in [6.45, 7) is 1.96. The SMILES string of the molecule is CC(CCCCl)NC=O. The lowest BCUT2D eigenvalue weighted by Crippen LogP contribution is -2.23. The molecule has 1 amide bonds. The molecule has 0 aromatic heterocycles. The molecule has 0 spiro atoms. The Morgan fingerprint density at radius 2 is 2.44 bits per heavy atom. The Morgan fingerprint density at radius 3 is 2.89 bits per heavy atom. The molecule has 0 aromatic carbocycles. The molecule has 0 aliphatic carbocycles. The number of carbonyl (C=O) groups is 1. The molecule has 0 heterocycles. The second-order valence-corrected chi connectivity index (χ2v) is 2.39. The Hall–Kier alpha value is -0.240. The van der Waals surface area contributed by atoms with E-state index in [1.165, 1.54) is 0 Å². The van der Waals surface area contributed by atoms with Crippen molar-refractivity contribution in [1.82, 2.24) is 5.32 Å². The van der Waals surface area contributed by atoms with E-state index in [0.717, 1.165) is 19.3 Å². The van der Waals surface area contributed by atoms with Gasteiger partial charge in [0.05, 0.1) is 0 Å². The summed E-state index contributed by atoms with van der Waals surface area (Å²) < 4.78 is 0. The summed E-state index contributed by atoms with van der Waals surface area (Å²) >= 11 is 5.43. The van der Waals surface area contributed by atoms with Crippen molar-refractivity contribution >= 4 is 18.0 Å². The fourth-order valence-electron chi connectivity index (χ4n) is 0.583. The van der Waals surface area contributed by atoms with Crippen LogP contribution in [0.3, 0.4) is 0 Å². The third-order valence-corrected chi connectivity index (χ3v) is 1.39. The maximum absolute atomic E-state index is 9.83. The Bertz CT molecular complexity index is 77.5. The van der Waals surface area contributed by atoms with Crippen LogP contribution in [0.5, 0.6) is 0 Å². The van der Waals surface area contributed by atoms with Crippen LogP contribution >= 0.6 is 11.6 Å². The summed E-state index contributed by atoms with van der Waals surface area (Å²) in [6, 6.07) is 0.265. The zero-order valence-corrected chi connectivity index (χ0v) is 6.32. The highest BCUT2D eigenvalue weighted by Gasteiger charge is 1.96. The van der Waals surface area contributed by atoms with Gasteiger partial charge in [-0.3, -0.25) is 4.79 Å². The second-order valence-electron chi connectivity index (χ2n) is 2.02. The van der Waals surface area contributed by atoms with Crippen LogP contribution in [0.4, 0.5) is 0 Å². The van der Waals surface area contributed by atoms with E-state index in [2.05, 4.69) is 5.32 Å². The minimum atomic E-state index is 0.265. The lowest BCUT2D eigenvalue weighted by atomic mass is 10.2. The first kappa shape index (κ1) is 8.76. The molecule has 0 saturated carbocycles. The van der Waals surface area contributed by atoms with Crippen molar-refractivity contribution in [2.24, 2.45) is 0 Å². The zero-order valence-electron chi connectivity index (χ0n) is 5.56. The summed E-state index contributed by atoms with van der Waals surface area (Å²) in [5.74, 6) is 0.672. The van der Waals surface area contributed by atoms with Crippen LogP contribution in [0, 0.1) is 0 Å². The molecule has 1 atom stereocenters. The molecule has 2 nitrogen and oxygen atoms in total. The molecule has 1 N–H and O–H groups in total. The van der Waals surface area contributed by atoms with E-state index < -0.39 is 0 Å². The highest BCUT2D eigenvalue weighted by molar-refractivity contribution is 6.17. The number of rotatable bonds is 5. The Balaban J connectivity index is 3.04. The van der Waals surface area contributed by atoms with Crippen LogP contribution in [-0.2, 0) is 4.79 Å². The molecule has 54 valence electrons. The highest BCUT2D eigenvalue weighted by atomic mass is 35.5. The number of halogens is 1. The van der Waals surface area contributed by atoms with Crippen molar-refractivity contribution < 1.29 is 4.79 Å². The summed E-state index contributed by atoms with van der Waals surface area (Å²) in [4.78, 5) is 9.83. The Kier molecular flexibility index (Phi) is 5.73. The van der Waals surface area contributed by atoms with Gasteiger partial charge < -0.3 is 5.32 Å². The smallest absolute Gasteiger partial charge is 0.207 e. The Labute approximate surface area is 60.6 Å². The minimum Gasteiger partial charge on any atom is -0.356 e. The van der Waals surface area contributed by atoms with E-state index in [0.29, 0.717) is 5.88 Å². The number of hydrogen-bond donors (Lipinski definition) is 1. The van der Waals surface area contributed by atoms with Gasteiger partial charge >= 0.3 is 0 Å². The lowest BCUT2D eigenvalue weighted by Gasteiger charge is -2.06. The first-order chi connectivity index (χ1) is 4.31. The topological polar surface area (TPSA) is 29.1 Å². The molecule has 1 unspecified atom stereocenters. The monoisotopic (exact) mass is 149 g/mol. The van der Waals surface area contributed by atoms with E-state index in [9.17, 15) is 4.79 Å². The van der Waals surface area contributed by atoms with Crippen molar-refractivity contribution in [3.8, 4) is 0 Å². The van der Waals surface area contributed by atoms with Gasteiger partial charge in [-0.1, -0.05) is 0 Å². The third-order valence-electron chi connectivity index (χ3n) is 1.12. The molecule has 9 heavy (non-hydrogen) atoms. The molecule has 3 heteroatoms. The average molecular weight is 150 g/mol. The summed E-state index contributed by atoms with van der Waals surface area (Å²) in [5.41, 5.74) is 0. The normalized spacial score (nSPS) is 12.7. The molecule has 0 rings (SSSR count). The number of nitrogens with one attached hydrogen (secondary N) is 1. The molecule has 0 aliphatic heterocycles. The molecule has 0 aromatic rings. The van der Waals surface area contributed by atoms with Gasteiger partial charge in [-0.05, 0) is 19.8 Å². The number of alkyl halides is 1. The van der Waals surface area contributed by atoms with Gasteiger partial charge in [0.1, 0.15) is 0 Å². The van der Waals surface area contributed by atoms with Crippen LogP contribution in [0.2, 0.25) is 0 Å². The highest BCUT2D eigenvalue weighted by Crippen LogP contribution is 1.96. The molecule has 0 bridgehead atoms. The van der Waals surface area contributed by atoms with E-state index in [1.807, 2.05) is 6.92 Å². The lowest BCUT2D eigenvalue weighted by molar-refractivity contribution is -0.110. The summed E-state index contributed by atoms with van der Waals surface area (Å²) in [7, 11) is 0. The van der Waals surface area contributed by atoms with Crippen LogP contribution in [-0.4, -0.2) is 18.3 Å². The van der Waals surface area contributed by atoms with Crippen molar-refractivity contribution in [1.29, 1.82) is 0 Å². The zero-order chi connectivity index (χ0) is 7.11. The number of hydrogen-bond acceptors (Lipinski definition) is 1. The van der Waals surface area contributed by atoms with Crippen molar-refractivity contribution in [2.45, 2.75) is 25.8 Å². The fraction of sp³-hybridized carbons (Fsp3) is 0.833. The van der Waals surface area contributed by atoms with E-state index in [1.54, 1.807) is 0 Å². The molecule has 0 aliphatic rings. The van der Waals surface area contributed by atoms with Crippen LogP contribution < -0.4 is 5.32 Å². The number of amides is 1. The van der Waals surface area contributed by atoms with Gasteiger partial charge in [0.15, 0.2) is 0 Å². The quantitative estimate of drug-likeness (QED) is 0.461. The van der Waals surface area contributed by atoms with Gasteiger partial charge in [0.25, 0.3) is 0 Å². The summed E-state index contributed by atoms with van der Waals surface area (Å²) in [5, 5.41) is 2.64. The molecule has 0 radical (unpaired) electrons. The standard InChI is InChI=1S/C6H12ClNO/c1-6(8-5-9)3-2-4-7/h5-6H,2-4H2,1H3,(H,8,9). The van der Waals surface area contributed by atoms with Gasteiger partial charge in [-0.15, -0.1) is 11.6 Å². The van der Waals surface area contributed by atoms with Gasteiger partial charge in [-0.2, -0.15) is 0 Å².